The number of rotatable bonds is 9. The molecule has 8 heteroatoms. The Morgan fingerprint density at radius 1 is 1.31 bits per heavy atom. The highest BCUT2D eigenvalue weighted by Crippen LogP contribution is 2.23. The van der Waals surface area contributed by atoms with Gasteiger partial charge >= 0.3 is 5.97 Å². The lowest BCUT2D eigenvalue weighted by molar-refractivity contribution is -0.145. The van der Waals surface area contributed by atoms with Gasteiger partial charge in [0.15, 0.2) is 9.84 Å². The molecule has 0 aliphatic carbocycles. The molecule has 0 radical (unpaired) electrons. The van der Waals surface area contributed by atoms with E-state index < -0.39 is 38.4 Å². The van der Waals surface area contributed by atoms with Crippen LogP contribution in [0.1, 0.15) is 45.4 Å². The molecule has 148 valence electrons. The Hall–Kier alpha value is -1.41. The second kappa shape index (κ2) is 9.50. The second-order valence-corrected chi connectivity index (χ2v) is 11.1. The van der Waals surface area contributed by atoms with Crippen molar-refractivity contribution in [2.45, 2.75) is 57.7 Å². The van der Waals surface area contributed by atoms with Crippen LogP contribution >= 0.6 is 11.3 Å². The molecule has 6 nitrogen and oxygen atoms in total. The molecular formula is C18H29NO5S2. The molecule has 0 aliphatic heterocycles. The van der Waals surface area contributed by atoms with Crippen molar-refractivity contribution in [3.63, 3.8) is 0 Å². The number of esters is 1. The molecule has 0 aromatic carbocycles. The van der Waals surface area contributed by atoms with E-state index in [1.165, 1.54) is 18.4 Å². The molecule has 1 aromatic heterocycles. The maximum absolute atomic E-state index is 12.8. The first-order chi connectivity index (χ1) is 12.0. The number of nitrogens with one attached hydrogen (secondary N) is 1. The number of amides is 1. The zero-order valence-corrected chi connectivity index (χ0v) is 17.7. The predicted molar refractivity (Wildman–Crippen MR) is 104 cm³/mol. The Balaban J connectivity index is 3.03. The molecule has 1 heterocycles. The average Bonchev–Trinajstić information content (AvgIpc) is 3.04. The molecule has 1 unspecified atom stereocenters. The van der Waals surface area contributed by atoms with Crippen LogP contribution < -0.4 is 5.32 Å². The third-order valence-corrected chi connectivity index (χ3v) is 7.74. The molecule has 0 bridgehead atoms. The van der Waals surface area contributed by atoms with E-state index in [1.54, 1.807) is 20.8 Å². The highest BCUT2D eigenvalue weighted by Gasteiger charge is 2.35. The number of thiophene rings is 1. The van der Waals surface area contributed by atoms with Crippen LogP contribution in [0.25, 0.3) is 0 Å². The summed E-state index contributed by atoms with van der Waals surface area (Å²) >= 11 is 1.48. The molecule has 1 amide bonds. The van der Waals surface area contributed by atoms with Gasteiger partial charge in [0.25, 0.3) is 0 Å². The first kappa shape index (κ1) is 22.6. The Kier molecular flexibility index (Phi) is 8.27. The van der Waals surface area contributed by atoms with Crippen LogP contribution in [0.2, 0.25) is 0 Å². The van der Waals surface area contributed by atoms with Crippen molar-refractivity contribution in [2.24, 2.45) is 5.92 Å². The Bertz CT molecular complexity index is 690. The molecule has 0 aliphatic rings. The van der Waals surface area contributed by atoms with E-state index in [4.69, 9.17) is 4.74 Å². The quantitative estimate of drug-likeness (QED) is 0.640. The number of ether oxygens (including phenoxy) is 1. The van der Waals surface area contributed by atoms with Crippen molar-refractivity contribution >= 4 is 33.1 Å². The standard InChI is InChI=1S/C18H29NO5S2/c1-6-8-15(17(21)24-5)19-16(20)13(11-14-9-7-10-25-14)12-26(22,23)18(2,3)4/h7,9-10,13,15H,6,8,11-12H2,1-5H3,(H,19,20)/t13?,15-/m0/s1. The second-order valence-electron chi connectivity index (χ2n) is 7.25. The molecule has 0 saturated carbocycles. The maximum atomic E-state index is 12.8. The van der Waals surface area contributed by atoms with E-state index in [-0.39, 0.29) is 5.75 Å². The summed E-state index contributed by atoms with van der Waals surface area (Å²) in [7, 11) is -2.22. The molecule has 0 fully saturated rings. The fourth-order valence-electron chi connectivity index (χ4n) is 2.38. The van der Waals surface area contributed by atoms with E-state index >= 15 is 0 Å². The largest absolute Gasteiger partial charge is 0.467 e. The maximum Gasteiger partial charge on any atom is 0.328 e. The van der Waals surface area contributed by atoms with Crippen LogP contribution in [0.3, 0.4) is 0 Å². The Morgan fingerprint density at radius 2 is 1.96 bits per heavy atom. The highest BCUT2D eigenvalue weighted by atomic mass is 32.2. The molecule has 26 heavy (non-hydrogen) atoms. The van der Waals surface area contributed by atoms with E-state index in [9.17, 15) is 18.0 Å². The minimum absolute atomic E-state index is 0.264. The van der Waals surface area contributed by atoms with Gasteiger partial charge in [0, 0.05) is 4.88 Å². The van der Waals surface area contributed by atoms with Gasteiger partial charge in [0.2, 0.25) is 5.91 Å². The first-order valence-electron chi connectivity index (χ1n) is 8.64. The fourth-order valence-corrected chi connectivity index (χ4v) is 4.47. The third-order valence-electron chi connectivity index (χ3n) is 4.13. The van der Waals surface area contributed by atoms with Crippen molar-refractivity contribution < 1.29 is 22.7 Å². The van der Waals surface area contributed by atoms with Gasteiger partial charge in [0.1, 0.15) is 6.04 Å². The normalized spacial score (nSPS) is 14.5. The molecule has 1 aromatic rings. The van der Waals surface area contributed by atoms with Crippen LogP contribution in [0.5, 0.6) is 0 Å². The lowest BCUT2D eigenvalue weighted by Crippen LogP contribution is -2.47. The number of hydrogen-bond donors (Lipinski definition) is 1. The SMILES string of the molecule is CCC[C@H](NC(=O)C(Cc1cccs1)CS(=O)(=O)C(C)(C)C)C(=O)OC. The molecule has 0 saturated heterocycles. The highest BCUT2D eigenvalue weighted by molar-refractivity contribution is 7.92. The van der Waals surface area contributed by atoms with Crippen molar-refractivity contribution in [1.82, 2.24) is 5.32 Å². The average molecular weight is 404 g/mol. The van der Waals surface area contributed by atoms with Crippen LogP contribution in [0.4, 0.5) is 0 Å². The van der Waals surface area contributed by atoms with E-state index in [0.717, 1.165) is 4.88 Å². The zero-order valence-electron chi connectivity index (χ0n) is 16.1. The van der Waals surface area contributed by atoms with Gasteiger partial charge in [-0.3, -0.25) is 4.79 Å². The lowest BCUT2D eigenvalue weighted by atomic mass is 10.0. The Morgan fingerprint density at radius 3 is 2.42 bits per heavy atom. The van der Waals surface area contributed by atoms with Crippen LogP contribution in [-0.4, -0.2) is 43.9 Å². The fraction of sp³-hybridized carbons (Fsp3) is 0.667. The summed E-state index contributed by atoms with van der Waals surface area (Å²) in [5.41, 5.74) is 0. The van der Waals surface area contributed by atoms with E-state index in [1.807, 2.05) is 24.4 Å². The molecular weight excluding hydrogens is 374 g/mol. The smallest absolute Gasteiger partial charge is 0.328 e. The summed E-state index contributed by atoms with van der Waals surface area (Å²) < 4.78 is 29.0. The number of sulfone groups is 1. The van der Waals surface area contributed by atoms with Crippen molar-refractivity contribution in [3.05, 3.63) is 22.4 Å². The Labute approximate surface area is 160 Å². The summed E-state index contributed by atoms with van der Waals surface area (Å²) in [5, 5.41) is 4.57. The van der Waals surface area contributed by atoms with Crippen LogP contribution in [0.15, 0.2) is 17.5 Å². The van der Waals surface area contributed by atoms with E-state index in [2.05, 4.69) is 5.32 Å². The lowest BCUT2D eigenvalue weighted by Gasteiger charge is -2.25. The summed E-state index contributed by atoms with van der Waals surface area (Å²) in [6.45, 7) is 6.76. The van der Waals surface area contributed by atoms with Gasteiger partial charge in [-0.05, 0) is 45.1 Å². The molecule has 0 spiro atoms. The number of hydrogen-bond acceptors (Lipinski definition) is 6. The topological polar surface area (TPSA) is 89.5 Å². The van der Waals surface area contributed by atoms with Crippen LogP contribution in [-0.2, 0) is 30.6 Å². The number of carbonyl (C=O) groups excluding carboxylic acids is 2. The number of carbonyl (C=O) groups is 2. The summed E-state index contributed by atoms with van der Waals surface area (Å²) in [5.74, 6) is -1.98. The first-order valence-corrected chi connectivity index (χ1v) is 11.2. The zero-order chi connectivity index (χ0) is 20.0. The molecule has 1 N–H and O–H groups in total. The van der Waals surface area contributed by atoms with Gasteiger partial charge in [0.05, 0.1) is 23.5 Å². The third kappa shape index (κ3) is 6.39. The van der Waals surface area contributed by atoms with Crippen LogP contribution in [0, 0.1) is 5.92 Å². The summed E-state index contributed by atoms with van der Waals surface area (Å²) in [6.07, 6.45) is 1.45. The van der Waals surface area contributed by atoms with Gasteiger partial charge in [-0.15, -0.1) is 11.3 Å². The summed E-state index contributed by atoms with van der Waals surface area (Å²) in [6, 6.07) is 2.97. The van der Waals surface area contributed by atoms with Crippen molar-refractivity contribution in [3.8, 4) is 0 Å². The monoisotopic (exact) mass is 403 g/mol. The molecule has 1 rings (SSSR count). The molecule has 2 atom stereocenters. The van der Waals surface area contributed by atoms with Crippen molar-refractivity contribution in [1.29, 1.82) is 0 Å². The minimum Gasteiger partial charge on any atom is -0.467 e. The van der Waals surface area contributed by atoms with Gasteiger partial charge in [-0.1, -0.05) is 19.4 Å². The van der Waals surface area contributed by atoms with E-state index in [0.29, 0.717) is 19.3 Å². The predicted octanol–water partition coefficient (Wildman–Crippen LogP) is 2.58. The van der Waals surface area contributed by atoms with Gasteiger partial charge in [-0.25, -0.2) is 13.2 Å². The minimum atomic E-state index is -3.49. The van der Waals surface area contributed by atoms with Crippen molar-refractivity contribution in [2.75, 3.05) is 12.9 Å². The van der Waals surface area contributed by atoms with Gasteiger partial charge in [-0.2, -0.15) is 0 Å². The number of methoxy groups -OCH3 is 1. The van der Waals surface area contributed by atoms with Gasteiger partial charge < -0.3 is 10.1 Å². The summed E-state index contributed by atoms with van der Waals surface area (Å²) in [4.78, 5) is 25.6.